The molecule has 0 radical (unpaired) electrons. The number of sulfonamides is 1. The molecular formula is C20H24ClNO5S. The number of esters is 1. The summed E-state index contributed by atoms with van der Waals surface area (Å²) < 4.78 is 31.9. The molecular weight excluding hydrogens is 402 g/mol. The van der Waals surface area contributed by atoms with Crippen molar-refractivity contribution >= 4 is 27.6 Å². The van der Waals surface area contributed by atoms with E-state index in [9.17, 15) is 18.3 Å². The number of hydrogen-bond acceptors (Lipinski definition) is 5. The normalized spacial score (nSPS) is 12.5. The fraction of sp³-hybridized carbons (Fsp3) is 0.350. The van der Waals surface area contributed by atoms with Crippen LogP contribution in [0.2, 0.25) is 5.02 Å². The molecule has 2 N–H and O–H groups in total. The average molecular weight is 426 g/mol. The van der Waals surface area contributed by atoms with Crippen molar-refractivity contribution in [1.29, 1.82) is 0 Å². The fourth-order valence-corrected chi connectivity index (χ4v) is 3.94. The lowest BCUT2D eigenvalue weighted by Crippen LogP contribution is -2.26. The molecule has 0 aliphatic rings. The number of benzene rings is 2. The highest BCUT2D eigenvalue weighted by Crippen LogP contribution is 2.19. The molecule has 28 heavy (non-hydrogen) atoms. The van der Waals surface area contributed by atoms with Gasteiger partial charge in [0.05, 0.1) is 17.6 Å². The number of carbonyl (C=O) groups excluding carboxylic acids is 1. The van der Waals surface area contributed by atoms with E-state index < -0.39 is 16.1 Å². The Balaban J connectivity index is 1.84. The Morgan fingerprint density at radius 1 is 1.21 bits per heavy atom. The molecule has 0 bridgehead atoms. The number of aliphatic hydroxyl groups is 1. The summed E-state index contributed by atoms with van der Waals surface area (Å²) in [6.07, 6.45) is 0.193. The maximum Gasteiger partial charge on any atom is 0.305 e. The minimum Gasteiger partial charge on any atom is -0.466 e. The van der Waals surface area contributed by atoms with Crippen molar-refractivity contribution in [1.82, 2.24) is 4.72 Å². The highest BCUT2D eigenvalue weighted by Gasteiger charge is 2.14. The third kappa shape index (κ3) is 6.91. The molecule has 2 aromatic carbocycles. The number of hydrogen-bond donors (Lipinski definition) is 2. The van der Waals surface area contributed by atoms with E-state index in [1.165, 1.54) is 12.1 Å². The molecule has 6 nitrogen and oxygen atoms in total. The molecule has 0 spiro atoms. The maximum atomic E-state index is 12.3. The molecule has 0 saturated carbocycles. The second-order valence-electron chi connectivity index (χ2n) is 6.21. The van der Waals surface area contributed by atoms with Gasteiger partial charge in [0.2, 0.25) is 10.0 Å². The van der Waals surface area contributed by atoms with Crippen LogP contribution in [0, 0.1) is 0 Å². The molecule has 8 heteroatoms. The van der Waals surface area contributed by atoms with Gasteiger partial charge in [-0.05, 0) is 49.1 Å². The second kappa shape index (κ2) is 10.6. The molecule has 2 rings (SSSR count). The molecule has 1 unspecified atom stereocenters. The Morgan fingerprint density at radius 3 is 2.57 bits per heavy atom. The predicted octanol–water partition coefficient (Wildman–Crippen LogP) is 3.24. The molecule has 2 aromatic rings. The van der Waals surface area contributed by atoms with Gasteiger partial charge in [-0.3, -0.25) is 4.79 Å². The van der Waals surface area contributed by atoms with Crippen molar-refractivity contribution in [2.45, 2.75) is 37.2 Å². The van der Waals surface area contributed by atoms with Crippen LogP contribution in [0.5, 0.6) is 0 Å². The van der Waals surface area contributed by atoms with Crippen LogP contribution in [-0.4, -0.2) is 32.6 Å². The predicted molar refractivity (Wildman–Crippen MR) is 108 cm³/mol. The molecule has 1 atom stereocenters. The largest absolute Gasteiger partial charge is 0.466 e. The summed E-state index contributed by atoms with van der Waals surface area (Å²) in [5.41, 5.74) is 1.63. The van der Waals surface area contributed by atoms with Crippen molar-refractivity contribution in [3.8, 4) is 0 Å². The third-order valence-corrected chi connectivity index (χ3v) is 5.80. The topological polar surface area (TPSA) is 92.7 Å². The third-order valence-electron chi connectivity index (χ3n) is 4.10. The number of ether oxygens (including phenoxy) is 1. The van der Waals surface area contributed by atoms with Gasteiger partial charge < -0.3 is 9.84 Å². The monoisotopic (exact) mass is 425 g/mol. The van der Waals surface area contributed by atoms with Crippen LogP contribution in [0.15, 0.2) is 53.4 Å². The van der Waals surface area contributed by atoms with Crippen molar-refractivity contribution in [2.24, 2.45) is 0 Å². The SMILES string of the molecule is CCOC(=O)CCC(O)c1ccc(CCNS(=O)(=O)c2cccc(Cl)c2)cc1. The van der Waals surface area contributed by atoms with Crippen LogP contribution in [-0.2, 0) is 26.0 Å². The van der Waals surface area contributed by atoms with E-state index in [1.54, 1.807) is 31.2 Å². The molecule has 152 valence electrons. The summed E-state index contributed by atoms with van der Waals surface area (Å²) in [5, 5.41) is 10.5. The van der Waals surface area contributed by atoms with Gasteiger partial charge in [-0.15, -0.1) is 0 Å². The van der Waals surface area contributed by atoms with Crippen molar-refractivity contribution in [2.75, 3.05) is 13.2 Å². The van der Waals surface area contributed by atoms with Crippen LogP contribution in [0.3, 0.4) is 0 Å². The first-order valence-corrected chi connectivity index (χ1v) is 10.9. The van der Waals surface area contributed by atoms with Crippen LogP contribution < -0.4 is 4.72 Å². The van der Waals surface area contributed by atoms with Gasteiger partial charge in [0, 0.05) is 18.0 Å². The number of nitrogens with one attached hydrogen (secondary N) is 1. The maximum absolute atomic E-state index is 12.3. The standard InChI is InChI=1S/C20H24ClNO5S/c1-2-27-20(24)11-10-19(23)16-8-6-15(7-9-16)12-13-22-28(25,26)18-5-3-4-17(21)14-18/h3-9,14,19,22-23H,2,10-13H2,1H3. The van der Waals surface area contributed by atoms with Gasteiger partial charge in [0.1, 0.15) is 0 Å². The lowest BCUT2D eigenvalue weighted by atomic mass is 10.0. The summed E-state index contributed by atoms with van der Waals surface area (Å²) in [4.78, 5) is 11.5. The van der Waals surface area contributed by atoms with Crippen molar-refractivity contribution < 1.29 is 23.1 Å². The summed E-state index contributed by atoms with van der Waals surface area (Å²) in [5.74, 6) is -0.329. The first kappa shape index (κ1) is 22.4. The van der Waals surface area contributed by atoms with Crippen molar-refractivity contribution in [3.63, 3.8) is 0 Å². The van der Waals surface area contributed by atoms with Gasteiger partial charge in [0.25, 0.3) is 0 Å². The van der Waals surface area contributed by atoms with Gasteiger partial charge in [0.15, 0.2) is 0 Å². The van der Waals surface area contributed by atoms with E-state index >= 15 is 0 Å². The average Bonchev–Trinajstić information content (AvgIpc) is 2.67. The highest BCUT2D eigenvalue weighted by molar-refractivity contribution is 7.89. The van der Waals surface area contributed by atoms with Crippen molar-refractivity contribution in [3.05, 3.63) is 64.7 Å². The Hall–Kier alpha value is -1.93. The zero-order valence-electron chi connectivity index (χ0n) is 15.6. The Morgan fingerprint density at radius 2 is 1.93 bits per heavy atom. The molecule has 0 aliphatic heterocycles. The summed E-state index contributed by atoms with van der Waals surface area (Å²) in [6.45, 7) is 2.30. The fourth-order valence-electron chi connectivity index (χ4n) is 2.61. The lowest BCUT2D eigenvalue weighted by Gasteiger charge is -2.12. The zero-order valence-corrected chi connectivity index (χ0v) is 17.2. The minimum absolute atomic E-state index is 0.125. The Labute approximate surface area is 170 Å². The first-order chi connectivity index (χ1) is 13.3. The van der Waals surface area contributed by atoms with Crippen LogP contribution in [0.1, 0.15) is 37.0 Å². The van der Waals surface area contributed by atoms with E-state index in [1.807, 2.05) is 12.1 Å². The van der Waals surface area contributed by atoms with Crippen LogP contribution in [0.25, 0.3) is 0 Å². The number of carbonyl (C=O) groups is 1. The van der Waals surface area contributed by atoms with Crippen LogP contribution in [0.4, 0.5) is 0 Å². The quantitative estimate of drug-likeness (QED) is 0.570. The zero-order chi connectivity index (χ0) is 20.6. The summed E-state index contributed by atoms with van der Waals surface area (Å²) in [6, 6.07) is 13.3. The lowest BCUT2D eigenvalue weighted by molar-refractivity contribution is -0.143. The Bertz CT molecular complexity index is 884. The van der Waals surface area contributed by atoms with E-state index in [4.69, 9.17) is 16.3 Å². The number of aliphatic hydroxyl groups excluding tert-OH is 1. The molecule has 0 amide bonds. The molecule has 0 saturated heterocycles. The number of halogens is 1. The van der Waals surface area contributed by atoms with E-state index in [0.29, 0.717) is 23.6 Å². The smallest absolute Gasteiger partial charge is 0.305 e. The van der Waals surface area contributed by atoms with Gasteiger partial charge >= 0.3 is 5.97 Å². The highest BCUT2D eigenvalue weighted by atomic mass is 35.5. The van der Waals surface area contributed by atoms with Gasteiger partial charge in [-0.1, -0.05) is 41.9 Å². The second-order valence-corrected chi connectivity index (χ2v) is 8.41. The minimum atomic E-state index is -3.61. The summed E-state index contributed by atoms with van der Waals surface area (Å²) >= 11 is 5.84. The molecule has 0 heterocycles. The first-order valence-electron chi connectivity index (χ1n) is 8.99. The Kier molecular flexibility index (Phi) is 8.44. The molecule has 0 aromatic heterocycles. The number of rotatable bonds is 10. The summed E-state index contributed by atoms with van der Waals surface area (Å²) in [7, 11) is -3.61. The van der Waals surface area contributed by atoms with Gasteiger partial charge in [-0.25, -0.2) is 13.1 Å². The van der Waals surface area contributed by atoms with Crippen LogP contribution >= 0.6 is 11.6 Å². The van der Waals surface area contributed by atoms with Gasteiger partial charge in [-0.2, -0.15) is 0 Å². The van der Waals surface area contributed by atoms with E-state index in [2.05, 4.69) is 4.72 Å². The van der Waals surface area contributed by atoms with E-state index in [0.717, 1.165) is 5.56 Å². The molecule has 0 fully saturated rings. The van der Waals surface area contributed by atoms with E-state index in [-0.39, 0.29) is 30.3 Å². The molecule has 0 aliphatic carbocycles.